The van der Waals surface area contributed by atoms with E-state index in [0.29, 0.717) is 31.2 Å². The van der Waals surface area contributed by atoms with E-state index in [1.54, 1.807) is 12.1 Å². The molecule has 0 radical (unpaired) electrons. The summed E-state index contributed by atoms with van der Waals surface area (Å²) in [5.41, 5.74) is 0.805. The van der Waals surface area contributed by atoms with Crippen LogP contribution in [0.25, 0.3) is 0 Å². The molecule has 0 bridgehead atoms. The van der Waals surface area contributed by atoms with E-state index in [2.05, 4.69) is 20.8 Å². The zero-order valence-electron chi connectivity index (χ0n) is 17.9. The van der Waals surface area contributed by atoms with Crippen LogP contribution in [-0.4, -0.2) is 39.1 Å². The Kier molecular flexibility index (Phi) is 10.4. The van der Waals surface area contributed by atoms with E-state index in [1.165, 1.54) is 26.4 Å². The molecule has 0 aromatic heterocycles. The first-order valence-corrected chi connectivity index (χ1v) is 11.8. The van der Waals surface area contributed by atoms with Crippen molar-refractivity contribution in [2.45, 2.75) is 65.8 Å². The van der Waals surface area contributed by atoms with Crippen LogP contribution in [0.3, 0.4) is 0 Å². The smallest absolute Gasteiger partial charge is 0.306 e. The molecule has 0 aliphatic carbocycles. The maximum Gasteiger partial charge on any atom is 0.306 e. The number of unbranched alkanes of at least 4 members (excludes halogenated alkanes) is 4. The van der Waals surface area contributed by atoms with Crippen molar-refractivity contribution in [1.29, 1.82) is 0 Å². The Labute approximate surface area is 170 Å². The third kappa shape index (κ3) is 9.44. The summed E-state index contributed by atoms with van der Waals surface area (Å²) in [6.07, 6.45) is 7.06. The minimum atomic E-state index is -3.67. The molecule has 28 heavy (non-hydrogen) atoms. The number of carbonyl (C=O) groups is 1. The lowest BCUT2D eigenvalue weighted by atomic mass is 10.1. The highest BCUT2D eigenvalue weighted by atomic mass is 32.2. The Morgan fingerprint density at radius 3 is 2.36 bits per heavy atom. The second kappa shape index (κ2) is 11.9. The lowest BCUT2D eigenvalue weighted by Gasteiger charge is -2.25. The molecule has 0 aliphatic rings. The second-order valence-electron chi connectivity index (χ2n) is 7.60. The van der Waals surface area contributed by atoms with E-state index in [1.807, 2.05) is 11.0 Å². The predicted molar refractivity (Wildman–Crippen MR) is 112 cm³/mol. The average Bonchev–Trinajstić information content (AvgIpc) is 2.59. The third-order valence-corrected chi connectivity index (χ3v) is 4.76. The van der Waals surface area contributed by atoms with E-state index in [4.69, 9.17) is 8.92 Å². The van der Waals surface area contributed by atoms with Gasteiger partial charge < -0.3 is 13.8 Å². The zero-order chi connectivity index (χ0) is 21.2. The van der Waals surface area contributed by atoms with Crippen molar-refractivity contribution in [1.82, 2.24) is 4.90 Å². The molecule has 0 spiro atoms. The quantitative estimate of drug-likeness (QED) is 0.354. The molecule has 0 unspecified atom stereocenters. The summed E-state index contributed by atoms with van der Waals surface area (Å²) >= 11 is 0. The van der Waals surface area contributed by atoms with E-state index >= 15 is 0 Å². The Morgan fingerprint density at radius 1 is 1.11 bits per heavy atom. The molecule has 0 saturated carbocycles. The van der Waals surface area contributed by atoms with Crippen LogP contribution in [0.15, 0.2) is 18.2 Å². The van der Waals surface area contributed by atoms with Crippen molar-refractivity contribution in [2.24, 2.45) is 5.92 Å². The van der Waals surface area contributed by atoms with Gasteiger partial charge in [0.15, 0.2) is 11.5 Å². The summed E-state index contributed by atoms with van der Waals surface area (Å²) in [5.74, 6) is 0.950. The maximum atomic E-state index is 12.7. The summed E-state index contributed by atoms with van der Waals surface area (Å²) in [7, 11) is -2.22. The molecular weight excluding hydrogens is 378 g/mol. The van der Waals surface area contributed by atoms with Crippen molar-refractivity contribution < 1.29 is 22.1 Å². The molecule has 1 rings (SSSR count). The highest BCUT2D eigenvalue weighted by Crippen LogP contribution is 2.30. The van der Waals surface area contributed by atoms with Crippen molar-refractivity contribution in [2.75, 3.05) is 19.9 Å². The number of ether oxygens (including phenoxy) is 1. The van der Waals surface area contributed by atoms with Crippen LogP contribution in [0, 0.1) is 5.92 Å². The summed E-state index contributed by atoms with van der Waals surface area (Å²) in [6.45, 7) is 7.39. The number of amides is 1. The van der Waals surface area contributed by atoms with Gasteiger partial charge in [0.25, 0.3) is 0 Å². The number of benzene rings is 1. The molecule has 1 aromatic carbocycles. The summed E-state index contributed by atoms with van der Waals surface area (Å²) < 4.78 is 33.2. The highest BCUT2D eigenvalue weighted by Gasteiger charge is 2.17. The Hall–Kier alpha value is -1.76. The van der Waals surface area contributed by atoms with E-state index in [-0.39, 0.29) is 11.7 Å². The minimum absolute atomic E-state index is 0.131. The summed E-state index contributed by atoms with van der Waals surface area (Å²) in [4.78, 5) is 14.6. The number of carbonyl (C=O) groups excluding carboxylic acids is 1. The number of rotatable bonds is 13. The van der Waals surface area contributed by atoms with Crippen LogP contribution in [0.5, 0.6) is 11.5 Å². The van der Waals surface area contributed by atoms with E-state index in [0.717, 1.165) is 24.7 Å². The fourth-order valence-corrected chi connectivity index (χ4v) is 3.46. The first-order valence-electron chi connectivity index (χ1n) is 10.0. The molecule has 7 heteroatoms. The first-order chi connectivity index (χ1) is 13.2. The SMILES string of the molecule is CCCCCCCC(=O)N(Cc1ccc(OC)c(OS(C)(=O)=O)c1)CC(C)C. The third-order valence-electron chi connectivity index (χ3n) is 4.28. The largest absolute Gasteiger partial charge is 0.493 e. The lowest BCUT2D eigenvalue weighted by Crippen LogP contribution is -2.33. The maximum absolute atomic E-state index is 12.7. The fraction of sp³-hybridized carbons (Fsp3) is 0.667. The van der Waals surface area contributed by atoms with Gasteiger partial charge in [0.2, 0.25) is 5.91 Å². The molecule has 0 heterocycles. The molecule has 0 fully saturated rings. The number of methoxy groups -OCH3 is 1. The molecule has 0 N–H and O–H groups in total. The monoisotopic (exact) mass is 413 g/mol. The van der Waals surface area contributed by atoms with Crippen molar-refractivity contribution in [3.63, 3.8) is 0 Å². The van der Waals surface area contributed by atoms with Gasteiger partial charge in [-0.15, -0.1) is 0 Å². The number of hydrogen-bond acceptors (Lipinski definition) is 5. The van der Waals surface area contributed by atoms with Crippen LogP contribution in [0.2, 0.25) is 0 Å². The molecule has 1 amide bonds. The van der Waals surface area contributed by atoms with Gasteiger partial charge in [0.05, 0.1) is 13.4 Å². The van der Waals surface area contributed by atoms with Gasteiger partial charge in [-0.3, -0.25) is 4.79 Å². The van der Waals surface area contributed by atoms with Crippen molar-refractivity contribution in [3.05, 3.63) is 23.8 Å². The first kappa shape index (κ1) is 24.3. The highest BCUT2D eigenvalue weighted by molar-refractivity contribution is 7.86. The van der Waals surface area contributed by atoms with Crippen LogP contribution in [0.4, 0.5) is 0 Å². The van der Waals surface area contributed by atoms with Gasteiger partial charge in [0, 0.05) is 19.5 Å². The van der Waals surface area contributed by atoms with Crippen LogP contribution in [-0.2, 0) is 21.5 Å². The number of hydrogen-bond donors (Lipinski definition) is 0. The van der Waals surface area contributed by atoms with Crippen molar-refractivity contribution >= 4 is 16.0 Å². The van der Waals surface area contributed by atoms with E-state index in [9.17, 15) is 13.2 Å². The average molecular weight is 414 g/mol. The minimum Gasteiger partial charge on any atom is -0.493 e. The zero-order valence-corrected chi connectivity index (χ0v) is 18.7. The fourth-order valence-electron chi connectivity index (χ4n) is 3.00. The van der Waals surface area contributed by atoms with Gasteiger partial charge >= 0.3 is 10.1 Å². The van der Waals surface area contributed by atoms with Crippen LogP contribution < -0.4 is 8.92 Å². The molecule has 0 saturated heterocycles. The Balaban J connectivity index is 2.87. The van der Waals surface area contributed by atoms with Crippen molar-refractivity contribution in [3.8, 4) is 11.5 Å². The van der Waals surface area contributed by atoms with Crippen LogP contribution >= 0.6 is 0 Å². The van der Waals surface area contributed by atoms with Gasteiger partial charge in [-0.25, -0.2) is 0 Å². The lowest BCUT2D eigenvalue weighted by molar-refractivity contribution is -0.132. The Morgan fingerprint density at radius 2 is 1.79 bits per heavy atom. The number of nitrogens with zero attached hydrogens (tertiary/aromatic N) is 1. The normalized spacial score (nSPS) is 11.5. The topological polar surface area (TPSA) is 72.9 Å². The molecule has 0 aliphatic heterocycles. The molecule has 0 atom stereocenters. The molecule has 160 valence electrons. The van der Waals surface area contributed by atoms with Crippen LogP contribution in [0.1, 0.15) is 64.9 Å². The van der Waals surface area contributed by atoms with Gasteiger partial charge in [-0.05, 0) is 30.0 Å². The Bertz CT molecular complexity index is 716. The van der Waals surface area contributed by atoms with E-state index < -0.39 is 10.1 Å². The molecule has 6 nitrogen and oxygen atoms in total. The summed E-state index contributed by atoms with van der Waals surface area (Å²) in [5, 5.41) is 0. The predicted octanol–water partition coefficient (Wildman–Crippen LogP) is 4.38. The standard InChI is InChI=1S/C21H35NO5S/c1-6-7-8-9-10-11-21(23)22(15-17(2)3)16-18-12-13-19(26-4)20(14-18)27-28(5,24)25/h12-14,17H,6-11,15-16H2,1-5H3. The summed E-state index contributed by atoms with van der Waals surface area (Å²) in [6, 6.07) is 5.12. The second-order valence-corrected chi connectivity index (χ2v) is 9.18. The molecule has 1 aromatic rings. The molecular formula is C21H35NO5S. The van der Waals surface area contributed by atoms with Gasteiger partial charge in [-0.1, -0.05) is 52.5 Å². The van der Waals surface area contributed by atoms with Gasteiger partial charge in [-0.2, -0.15) is 8.42 Å². The van der Waals surface area contributed by atoms with Gasteiger partial charge in [0.1, 0.15) is 0 Å².